The van der Waals surface area contributed by atoms with Crippen LogP contribution in [0.25, 0.3) is 0 Å². The molecule has 0 aliphatic carbocycles. The van der Waals surface area contributed by atoms with Crippen molar-refractivity contribution >= 4 is 11.3 Å². The van der Waals surface area contributed by atoms with Crippen molar-refractivity contribution in [3.63, 3.8) is 0 Å². The highest BCUT2D eigenvalue weighted by atomic mass is 32.1. The van der Waals surface area contributed by atoms with Crippen molar-refractivity contribution in [2.75, 3.05) is 13.1 Å². The van der Waals surface area contributed by atoms with E-state index in [1.165, 1.54) is 16.8 Å². The molecule has 0 aromatic carbocycles. The van der Waals surface area contributed by atoms with Gasteiger partial charge in [0, 0.05) is 50.2 Å². The van der Waals surface area contributed by atoms with Crippen LogP contribution in [-0.4, -0.2) is 27.5 Å². The molecule has 1 aliphatic rings. The van der Waals surface area contributed by atoms with Gasteiger partial charge in [-0.3, -0.25) is 14.7 Å². The van der Waals surface area contributed by atoms with Gasteiger partial charge in [0.1, 0.15) is 0 Å². The maximum atomic E-state index is 12.5. The molecule has 128 valence electrons. The van der Waals surface area contributed by atoms with Gasteiger partial charge in [0.05, 0.1) is 6.54 Å². The number of pyridine rings is 2. The lowest BCUT2D eigenvalue weighted by molar-refractivity contribution is 0.278. The summed E-state index contributed by atoms with van der Waals surface area (Å²) in [4.78, 5) is 19.1. The summed E-state index contributed by atoms with van der Waals surface area (Å²) in [5.41, 5.74) is 5.01. The van der Waals surface area contributed by atoms with Gasteiger partial charge in [0.15, 0.2) is 0 Å². The first-order chi connectivity index (χ1) is 12.3. The fourth-order valence-corrected chi connectivity index (χ4v) is 4.15. The number of hydrogen-bond donors (Lipinski definition) is 0. The van der Waals surface area contributed by atoms with Gasteiger partial charge in [-0.2, -0.15) is 11.3 Å². The molecule has 3 aromatic heterocycles. The number of rotatable bonds is 4. The molecule has 4 heterocycles. The Bertz CT molecular complexity index is 887. The van der Waals surface area contributed by atoms with Crippen LogP contribution in [0.15, 0.2) is 58.3 Å². The number of thiophene rings is 1. The zero-order valence-corrected chi connectivity index (χ0v) is 14.9. The van der Waals surface area contributed by atoms with Gasteiger partial charge in [0.25, 0.3) is 5.56 Å². The Morgan fingerprint density at radius 1 is 1.04 bits per heavy atom. The van der Waals surface area contributed by atoms with Gasteiger partial charge in [-0.1, -0.05) is 12.1 Å². The van der Waals surface area contributed by atoms with Crippen molar-refractivity contribution in [3.05, 3.63) is 86.2 Å². The first-order valence-corrected chi connectivity index (χ1v) is 9.58. The molecule has 0 fully saturated rings. The van der Waals surface area contributed by atoms with Crippen molar-refractivity contribution in [2.45, 2.75) is 25.9 Å². The molecule has 4 nitrogen and oxygen atoms in total. The molecule has 0 saturated heterocycles. The quantitative estimate of drug-likeness (QED) is 0.725. The molecule has 0 bridgehead atoms. The summed E-state index contributed by atoms with van der Waals surface area (Å²) in [6, 6.07) is 9.87. The van der Waals surface area contributed by atoms with Crippen molar-refractivity contribution < 1.29 is 0 Å². The number of aromatic nitrogens is 2. The van der Waals surface area contributed by atoms with Gasteiger partial charge >= 0.3 is 0 Å². The highest BCUT2D eigenvalue weighted by Gasteiger charge is 2.18. The number of nitrogens with zero attached hydrogens (tertiary/aromatic N) is 3. The summed E-state index contributed by atoms with van der Waals surface area (Å²) in [6.07, 6.45) is 5.51. The summed E-state index contributed by atoms with van der Waals surface area (Å²) >= 11 is 1.75. The lowest BCUT2D eigenvalue weighted by atomic mass is 10.1. The standard InChI is InChI=1S/C20H21N3OS/c24-20-4-3-18-5-9-22(13-17-7-11-25-15-17)10-6-19(18)23(20)14-16-2-1-8-21-12-16/h1-4,7-8,11-12,15H,5-6,9-10,13-14H2. The van der Waals surface area contributed by atoms with Gasteiger partial charge in [0.2, 0.25) is 0 Å². The summed E-state index contributed by atoms with van der Waals surface area (Å²) < 4.78 is 1.93. The van der Waals surface area contributed by atoms with Crippen LogP contribution in [0.1, 0.15) is 22.4 Å². The van der Waals surface area contributed by atoms with Crippen LogP contribution in [0.4, 0.5) is 0 Å². The first-order valence-electron chi connectivity index (χ1n) is 8.63. The average molecular weight is 351 g/mol. The number of fused-ring (bicyclic) bond motifs is 1. The maximum absolute atomic E-state index is 12.5. The second kappa shape index (κ2) is 7.33. The molecule has 1 aliphatic heterocycles. The van der Waals surface area contributed by atoms with E-state index in [4.69, 9.17) is 0 Å². The molecule has 0 radical (unpaired) electrons. The molecular weight excluding hydrogens is 330 g/mol. The van der Waals surface area contributed by atoms with E-state index in [0.29, 0.717) is 6.54 Å². The molecule has 4 rings (SSSR count). The average Bonchev–Trinajstić information content (AvgIpc) is 3.06. The molecule has 5 heteroatoms. The van der Waals surface area contributed by atoms with Gasteiger partial charge in [-0.15, -0.1) is 0 Å². The predicted octanol–water partition coefficient (Wildman–Crippen LogP) is 2.95. The molecule has 25 heavy (non-hydrogen) atoms. The van der Waals surface area contributed by atoms with E-state index in [2.05, 4.69) is 26.7 Å². The molecular formula is C20H21N3OS. The van der Waals surface area contributed by atoms with E-state index in [0.717, 1.165) is 38.0 Å². The Balaban J connectivity index is 1.58. The molecule has 0 saturated carbocycles. The summed E-state index contributed by atoms with van der Waals surface area (Å²) in [5.74, 6) is 0. The molecule has 0 N–H and O–H groups in total. The second-order valence-corrected chi connectivity index (χ2v) is 7.28. The van der Waals surface area contributed by atoms with Crippen LogP contribution in [0.3, 0.4) is 0 Å². The topological polar surface area (TPSA) is 38.1 Å². The van der Waals surface area contributed by atoms with Crippen molar-refractivity contribution in [1.82, 2.24) is 14.5 Å². The van der Waals surface area contributed by atoms with Crippen LogP contribution in [0, 0.1) is 0 Å². The zero-order chi connectivity index (χ0) is 17.1. The largest absolute Gasteiger partial charge is 0.308 e. The summed E-state index contributed by atoms with van der Waals surface area (Å²) in [6.45, 7) is 3.61. The minimum absolute atomic E-state index is 0.0777. The minimum atomic E-state index is 0.0777. The SMILES string of the molecule is O=c1ccc2c(n1Cc1cccnc1)CCN(Cc1ccsc1)CC2. The number of hydrogen-bond acceptors (Lipinski definition) is 4. The Morgan fingerprint density at radius 2 is 1.96 bits per heavy atom. The summed E-state index contributed by atoms with van der Waals surface area (Å²) in [5, 5.41) is 4.35. The zero-order valence-electron chi connectivity index (χ0n) is 14.1. The van der Waals surface area contributed by atoms with Crippen LogP contribution in [-0.2, 0) is 25.9 Å². The van der Waals surface area contributed by atoms with E-state index >= 15 is 0 Å². The molecule has 0 amide bonds. The first kappa shape index (κ1) is 16.2. The van der Waals surface area contributed by atoms with E-state index in [1.54, 1.807) is 23.6 Å². The van der Waals surface area contributed by atoms with Gasteiger partial charge < -0.3 is 4.57 Å². The van der Waals surface area contributed by atoms with E-state index in [1.807, 2.05) is 29.0 Å². The van der Waals surface area contributed by atoms with Crippen LogP contribution >= 0.6 is 11.3 Å². The second-order valence-electron chi connectivity index (χ2n) is 6.50. The maximum Gasteiger partial charge on any atom is 0.251 e. The third kappa shape index (κ3) is 3.72. The fourth-order valence-electron chi connectivity index (χ4n) is 3.49. The molecule has 0 unspecified atom stereocenters. The Morgan fingerprint density at radius 3 is 2.76 bits per heavy atom. The van der Waals surface area contributed by atoms with Crippen LogP contribution in [0.5, 0.6) is 0 Å². The van der Waals surface area contributed by atoms with Gasteiger partial charge in [-0.25, -0.2) is 0 Å². The van der Waals surface area contributed by atoms with Crippen LogP contribution < -0.4 is 5.56 Å². The predicted molar refractivity (Wildman–Crippen MR) is 101 cm³/mol. The van der Waals surface area contributed by atoms with Crippen molar-refractivity contribution in [1.29, 1.82) is 0 Å². The lowest BCUT2D eigenvalue weighted by Crippen LogP contribution is -2.27. The Labute approximate surface area is 151 Å². The van der Waals surface area contributed by atoms with E-state index in [-0.39, 0.29) is 5.56 Å². The fraction of sp³-hybridized carbons (Fsp3) is 0.300. The lowest BCUT2D eigenvalue weighted by Gasteiger charge is -2.19. The van der Waals surface area contributed by atoms with E-state index < -0.39 is 0 Å². The van der Waals surface area contributed by atoms with Crippen molar-refractivity contribution in [3.8, 4) is 0 Å². The smallest absolute Gasteiger partial charge is 0.251 e. The third-order valence-corrected chi connectivity index (χ3v) is 5.53. The normalized spacial score (nSPS) is 14.9. The molecule has 0 atom stereocenters. The highest BCUT2D eigenvalue weighted by Crippen LogP contribution is 2.18. The summed E-state index contributed by atoms with van der Waals surface area (Å²) in [7, 11) is 0. The highest BCUT2D eigenvalue weighted by molar-refractivity contribution is 7.07. The van der Waals surface area contributed by atoms with Crippen LogP contribution in [0.2, 0.25) is 0 Å². The molecule has 3 aromatic rings. The van der Waals surface area contributed by atoms with Gasteiger partial charge in [-0.05, 0) is 46.0 Å². The van der Waals surface area contributed by atoms with E-state index in [9.17, 15) is 4.79 Å². The van der Waals surface area contributed by atoms with Crippen molar-refractivity contribution in [2.24, 2.45) is 0 Å². The third-order valence-electron chi connectivity index (χ3n) is 4.80. The monoisotopic (exact) mass is 351 g/mol. The molecule has 0 spiro atoms. The Hall–Kier alpha value is -2.24. The Kier molecular flexibility index (Phi) is 4.76. The minimum Gasteiger partial charge on any atom is -0.308 e.